The molecule has 0 aliphatic heterocycles. The second kappa shape index (κ2) is 10.5. The van der Waals surface area contributed by atoms with Crippen molar-refractivity contribution in [3.8, 4) is 34.2 Å². The van der Waals surface area contributed by atoms with Crippen LogP contribution in [0.25, 0.3) is 16.9 Å². The van der Waals surface area contributed by atoms with Crippen molar-refractivity contribution in [2.24, 2.45) is 5.73 Å². The number of carbonyl (C=O) groups is 2. The maximum absolute atomic E-state index is 13.6. The van der Waals surface area contributed by atoms with Crippen LogP contribution < -0.4 is 25.3 Å². The van der Waals surface area contributed by atoms with Crippen LogP contribution in [-0.2, 0) is 4.79 Å². The van der Waals surface area contributed by atoms with E-state index < -0.39 is 6.04 Å². The van der Waals surface area contributed by atoms with E-state index in [1.807, 2.05) is 0 Å². The standard InChI is InChI=1S/C24H24N6O5S/c1-13(25)23(32)29-24-28-17(10-36-24)14-5-6-16(18(7-14)30-12-26-11-27-30)21(31)15-8-19(33-2)22(35-4)20(9-15)34-3/h5-13H,25H2,1-4H3,(H,28,29,32)/t13-/m0/s1. The Morgan fingerprint density at radius 1 is 1.08 bits per heavy atom. The van der Waals surface area contributed by atoms with Gasteiger partial charge in [-0.1, -0.05) is 6.07 Å². The van der Waals surface area contributed by atoms with E-state index in [1.54, 1.807) is 42.6 Å². The summed E-state index contributed by atoms with van der Waals surface area (Å²) in [7, 11) is 4.47. The van der Waals surface area contributed by atoms with E-state index in [4.69, 9.17) is 19.9 Å². The van der Waals surface area contributed by atoms with Gasteiger partial charge in [-0.15, -0.1) is 11.3 Å². The fourth-order valence-electron chi connectivity index (χ4n) is 3.46. The number of hydrogen-bond acceptors (Lipinski definition) is 10. The van der Waals surface area contributed by atoms with Crippen LogP contribution in [0.4, 0.5) is 5.13 Å². The second-order valence-corrected chi connectivity index (χ2v) is 8.49. The van der Waals surface area contributed by atoms with E-state index in [1.165, 1.54) is 50.0 Å². The van der Waals surface area contributed by atoms with Crippen molar-refractivity contribution in [1.29, 1.82) is 0 Å². The topological polar surface area (TPSA) is 143 Å². The molecule has 186 valence electrons. The molecule has 3 N–H and O–H groups in total. The molecule has 12 heteroatoms. The van der Waals surface area contributed by atoms with Crippen LogP contribution in [-0.4, -0.2) is 58.8 Å². The highest BCUT2D eigenvalue weighted by molar-refractivity contribution is 7.14. The third kappa shape index (κ3) is 4.90. The van der Waals surface area contributed by atoms with Crippen LogP contribution in [0.2, 0.25) is 0 Å². The lowest BCUT2D eigenvalue weighted by Gasteiger charge is -2.15. The van der Waals surface area contributed by atoms with Gasteiger partial charge in [0, 0.05) is 22.1 Å². The largest absolute Gasteiger partial charge is 0.493 e. The summed E-state index contributed by atoms with van der Waals surface area (Å²) >= 11 is 1.27. The van der Waals surface area contributed by atoms with Crippen molar-refractivity contribution in [3.05, 3.63) is 59.5 Å². The summed E-state index contributed by atoms with van der Waals surface area (Å²) in [5, 5.41) is 9.12. The zero-order chi connectivity index (χ0) is 25.8. The highest BCUT2D eigenvalue weighted by atomic mass is 32.1. The minimum Gasteiger partial charge on any atom is -0.493 e. The van der Waals surface area contributed by atoms with E-state index in [9.17, 15) is 9.59 Å². The molecule has 0 bridgehead atoms. The Hall–Kier alpha value is -4.29. The molecule has 1 atom stereocenters. The summed E-state index contributed by atoms with van der Waals surface area (Å²) in [6.07, 6.45) is 2.88. The maximum Gasteiger partial charge on any atom is 0.242 e. The number of rotatable bonds is 9. The number of anilines is 1. The summed E-state index contributed by atoms with van der Waals surface area (Å²) in [5.74, 6) is 0.504. The molecule has 0 unspecified atom stereocenters. The van der Waals surface area contributed by atoms with Gasteiger partial charge < -0.3 is 25.3 Å². The molecule has 0 radical (unpaired) electrons. The number of amides is 1. The SMILES string of the molecule is COc1cc(C(=O)c2ccc(-c3csc(NC(=O)[C@H](C)N)n3)cc2-n2cncn2)cc(OC)c1OC. The smallest absolute Gasteiger partial charge is 0.242 e. The molecule has 0 spiro atoms. The molecule has 0 aliphatic carbocycles. The number of benzene rings is 2. The average molecular weight is 509 g/mol. The summed E-state index contributed by atoms with van der Waals surface area (Å²) in [4.78, 5) is 34.0. The predicted octanol–water partition coefficient (Wildman–Crippen LogP) is 2.93. The fourth-order valence-corrected chi connectivity index (χ4v) is 4.18. The number of methoxy groups -OCH3 is 3. The summed E-state index contributed by atoms with van der Waals surface area (Å²) in [6, 6.07) is 7.78. The molecule has 2 heterocycles. The van der Waals surface area contributed by atoms with Gasteiger partial charge in [0.25, 0.3) is 0 Å². The monoisotopic (exact) mass is 508 g/mol. The van der Waals surface area contributed by atoms with Crippen molar-refractivity contribution in [3.63, 3.8) is 0 Å². The molecule has 36 heavy (non-hydrogen) atoms. The number of nitrogens with one attached hydrogen (secondary N) is 1. The molecule has 2 aromatic heterocycles. The number of thiazole rings is 1. The molecular weight excluding hydrogens is 484 g/mol. The van der Waals surface area contributed by atoms with Crippen LogP contribution in [0.5, 0.6) is 17.2 Å². The first-order valence-electron chi connectivity index (χ1n) is 10.7. The number of nitrogens with two attached hydrogens (primary N) is 1. The number of ketones is 1. The highest BCUT2D eigenvalue weighted by Gasteiger charge is 2.22. The van der Waals surface area contributed by atoms with Crippen LogP contribution >= 0.6 is 11.3 Å². The Bertz CT molecular complexity index is 1380. The molecule has 1 amide bonds. The van der Waals surface area contributed by atoms with Crippen LogP contribution in [0, 0.1) is 0 Å². The number of nitrogens with zero attached hydrogens (tertiary/aromatic N) is 4. The molecular formula is C24H24N6O5S. The van der Waals surface area contributed by atoms with Gasteiger partial charge in [-0.05, 0) is 31.2 Å². The molecule has 4 rings (SSSR count). The Morgan fingerprint density at radius 2 is 1.81 bits per heavy atom. The number of carbonyl (C=O) groups excluding carboxylic acids is 2. The third-order valence-corrected chi connectivity index (χ3v) is 6.04. The van der Waals surface area contributed by atoms with Crippen molar-refractivity contribution >= 4 is 28.2 Å². The van der Waals surface area contributed by atoms with Gasteiger partial charge in [-0.3, -0.25) is 9.59 Å². The molecule has 0 saturated carbocycles. The first-order valence-corrected chi connectivity index (χ1v) is 11.6. The van der Waals surface area contributed by atoms with Crippen LogP contribution in [0.15, 0.2) is 48.4 Å². The Balaban J connectivity index is 1.76. The van der Waals surface area contributed by atoms with Gasteiger partial charge in [-0.2, -0.15) is 5.10 Å². The van der Waals surface area contributed by atoms with E-state index in [0.717, 1.165) is 5.56 Å². The molecule has 11 nitrogen and oxygen atoms in total. The number of ether oxygens (including phenoxy) is 3. The lowest BCUT2D eigenvalue weighted by atomic mass is 9.98. The van der Waals surface area contributed by atoms with Crippen LogP contribution in [0.1, 0.15) is 22.8 Å². The van der Waals surface area contributed by atoms with E-state index >= 15 is 0 Å². The maximum atomic E-state index is 13.6. The van der Waals surface area contributed by atoms with Gasteiger partial charge in [0.2, 0.25) is 11.7 Å². The molecule has 0 saturated heterocycles. The van der Waals surface area contributed by atoms with E-state index in [-0.39, 0.29) is 11.7 Å². The molecule has 0 fully saturated rings. The Labute approximate surface area is 210 Å². The average Bonchev–Trinajstić information content (AvgIpc) is 3.59. The predicted molar refractivity (Wildman–Crippen MR) is 134 cm³/mol. The van der Waals surface area contributed by atoms with Crippen molar-refractivity contribution < 1.29 is 23.8 Å². The Morgan fingerprint density at radius 3 is 2.39 bits per heavy atom. The number of aromatic nitrogens is 4. The van der Waals surface area contributed by atoms with Crippen LogP contribution in [0.3, 0.4) is 0 Å². The lowest BCUT2D eigenvalue weighted by Crippen LogP contribution is -2.32. The van der Waals surface area contributed by atoms with Gasteiger partial charge >= 0.3 is 0 Å². The normalized spacial score (nSPS) is 11.6. The minimum atomic E-state index is -0.656. The zero-order valence-electron chi connectivity index (χ0n) is 20.0. The second-order valence-electron chi connectivity index (χ2n) is 7.63. The highest BCUT2D eigenvalue weighted by Crippen LogP contribution is 2.39. The summed E-state index contributed by atoms with van der Waals surface area (Å²) in [5.41, 5.74) is 8.17. The lowest BCUT2D eigenvalue weighted by molar-refractivity contribution is -0.117. The van der Waals surface area contributed by atoms with Gasteiger partial charge in [0.1, 0.15) is 12.7 Å². The first-order chi connectivity index (χ1) is 17.4. The van der Waals surface area contributed by atoms with Crippen molar-refractivity contribution in [2.75, 3.05) is 26.6 Å². The third-order valence-electron chi connectivity index (χ3n) is 5.28. The van der Waals surface area contributed by atoms with Crippen molar-refractivity contribution in [2.45, 2.75) is 13.0 Å². The molecule has 2 aromatic carbocycles. The minimum absolute atomic E-state index is 0.283. The molecule has 0 aliphatic rings. The molecule has 4 aromatic rings. The van der Waals surface area contributed by atoms with E-state index in [0.29, 0.717) is 44.9 Å². The Kier molecular flexibility index (Phi) is 7.27. The fraction of sp³-hybridized carbons (Fsp3) is 0.208. The zero-order valence-corrected chi connectivity index (χ0v) is 20.8. The van der Waals surface area contributed by atoms with Gasteiger partial charge in [0.05, 0.1) is 38.8 Å². The first kappa shape index (κ1) is 24.8. The van der Waals surface area contributed by atoms with Crippen molar-refractivity contribution in [1.82, 2.24) is 19.7 Å². The quantitative estimate of drug-likeness (QED) is 0.326. The number of hydrogen-bond donors (Lipinski definition) is 2. The summed E-state index contributed by atoms with van der Waals surface area (Å²) in [6.45, 7) is 1.60. The van der Waals surface area contributed by atoms with Gasteiger partial charge in [0.15, 0.2) is 22.4 Å². The van der Waals surface area contributed by atoms with Gasteiger partial charge in [-0.25, -0.2) is 14.6 Å². The van der Waals surface area contributed by atoms with E-state index in [2.05, 4.69) is 20.4 Å². The summed E-state index contributed by atoms with van der Waals surface area (Å²) < 4.78 is 17.7.